The molecule has 1 aliphatic rings. The van der Waals surface area contributed by atoms with Crippen LogP contribution in [0.2, 0.25) is 5.15 Å². The first-order valence-corrected chi connectivity index (χ1v) is 6.21. The van der Waals surface area contributed by atoms with Gasteiger partial charge in [-0.2, -0.15) is 0 Å². The van der Waals surface area contributed by atoms with Crippen LogP contribution < -0.4 is 4.74 Å². The minimum absolute atomic E-state index is 0.0697. The standard InChI is InChI=1S/C12H16ClNO3/c13-10-4-3-5-11(14-10)15-8-9-17-12-6-1-2-7-16-12/h3-5,12H,1-2,6-9H2. The van der Waals surface area contributed by atoms with E-state index in [1.165, 1.54) is 6.42 Å². The lowest BCUT2D eigenvalue weighted by Gasteiger charge is -2.22. The molecule has 1 saturated heterocycles. The van der Waals surface area contributed by atoms with Gasteiger partial charge in [-0.1, -0.05) is 17.7 Å². The van der Waals surface area contributed by atoms with Crippen molar-refractivity contribution >= 4 is 11.6 Å². The molecule has 0 aromatic carbocycles. The number of nitrogens with zero attached hydrogens (tertiary/aromatic N) is 1. The number of hydrogen-bond acceptors (Lipinski definition) is 4. The van der Waals surface area contributed by atoms with Crippen molar-refractivity contribution in [1.82, 2.24) is 4.98 Å². The van der Waals surface area contributed by atoms with Crippen molar-refractivity contribution in [3.8, 4) is 5.88 Å². The van der Waals surface area contributed by atoms with E-state index in [9.17, 15) is 0 Å². The number of rotatable bonds is 5. The summed E-state index contributed by atoms with van der Waals surface area (Å²) in [5, 5.41) is 0.430. The zero-order chi connectivity index (χ0) is 11.9. The third-order valence-electron chi connectivity index (χ3n) is 2.46. The highest BCUT2D eigenvalue weighted by Crippen LogP contribution is 2.14. The largest absolute Gasteiger partial charge is 0.475 e. The predicted molar refractivity (Wildman–Crippen MR) is 64.3 cm³/mol. The second kappa shape index (κ2) is 6.79. The molecule has 1 fully saturated rings. The van der Waals surface area contributed by atoms with Gasteiger partial charge in [0.2, 0.25) is 5.88 Å². The predicted octanol–water partition coefficient (Wildman–Crippen LogP) is 2.66. The fourth-order valence-electron chi connectivity index (χ4n) is 1.64. The van der Waals surface area contributed by atoms with Gasteiger partial charge in [-0.05, 0) is 25.3 Å². The van der Waals surface area contributed by atoms with Crippen LogP contribution in [0.4, 0.5) is 0 Å². The van der Waals surface area contributed by atoms with Gasteiger partial charge in [-0.15, -0.1) is 0 Å². The van der Waals surface area contributed by atoms with Crippen LogP contribution in [-0.2, 0) is 9.47 Å². The second-order valence-corrected chi connectivity index (χ2v) is 4.20. The molecule has 1 aromatic rings. The van der Waals surface area contributed by atoms with E-state index in [1.807, 2.05) is 0 Å². The summed E-state index contributed by atoms with van der Waals surface area (Å²) in [7, 11) is 0. The number of pyridine rings is 1. The van der Waals surface area contributed by atoms with E-state index in [2.05, 4.69) is 4.98 Å². The summed E-state index contributed by atoms with van der Waals surface area (Å²) in [6.45, 7) is 1.74. The Kier molecular flexibility index (Phi) is 5.04. The van der Waals surface area contributed by atoms with E-state index >= 15 is 0 Å². The van der Waals surface area contributed by atoms with Gasteiger partial charge < -0.3 is 14.2 Å². The Labute approximate surface area is 106 Å². The molecule has 2 heterocycles. The smallest absolute Gasteiger partial charge is 0.214 e. The molecule has 0 bridgehead atoms. The van der Waals surface area contributed by atoms with Gasteiger partial charge in [0, 0.05) is 12.7 Å². The first kappa shape index (κ1) is 12.6. The Morgan fingerprint density at radius 2 is 2.29 bits per heavy atom. The van der Waals surface area contributed by atoms with Crippen molar-refractivity contribution in [3.05, 3.63) is 23.4 Å². The van der Waals surface area contributed by atoms with Crippen LogP contribution in [0.3, 0.4) is 0 Å². The highest BCUT2D eigenvalue weighted by atomic mass is 35.5. The van der Waals surface area contributed by atoms with E-state index in [0.717, 1.165) is 19.4 Å². The summed E-state index contributed by atoms with van der Waals surface area (Å²) in [4.78, 5) is 4.01. The summed E-state index contributed by atoms with van der Waals surface area (Å²) in [5.74, 6) is 0.519. The first-order valence-electron chi connectivity index (χ1n) is 5.83. The molecule has 94 valence electrons. The summed E-state index contributed by atoms with van der Waals surface area (Å²) in [6.07, 6.45) is 3.19. The number of halogens is 1. The van der Waals surface area contributed by atoms with E-state index in [1.54, 1.807) is 18.2 Å². The van der Waals surface area contributed by atoms with Crippen LogP contribution in [-0.4, -0.2) is 31.1 Å². The minimum Gasteiger partial charge on any atom is -0.475 e. The summed E-state index contributed by atoms with van der Waals surface area (Å²) in [6, 6.07) is 5.28. The average molecular weight is 258 g/mol. The lowest BCUT2D eigenvalue weighted by molar-refractivity contribution is -0.165. The van der Waals surface area contributed by atoms with Crippen LogP contribution in [0.1, 0.15) is 19.3 Å². The average Bonchev–Trinajstić information content (AvgIpc) is 2.36. The fourth-order valence-corrected chi connectivity index (χ4v) is 1.79. The Morgan fingerprint density at radius 1 is 1.35 bits per heavy atom. The number of aromatic nitrogens is 1. The topological polar surface area (TPSA) is 40.6 Å². The second-order valence-electron chi connectivity index (χ2n) is 3.81. The molecule has 0 spiro atoms. The summed E-state index contributed by atoms with van der Waals surface area (Å²) < 4.78 is 16.4. The molecule has 0 radical (unpaired) electrons. The normalized spacial score (nSPS) is 20.2. The molecule has 0 aliphatic carbocycles. The van der Waals surface area contributed by atoms with Crippen molar-refractivity contribution < 1.29 is 14.2 Å². The zero-order valence-electron chi connectivity index (χ0n) is 9.60. The fraction of sp³-hybridized carbons (Fsp3) is 0.583. The van der Waals surface area contributed by atoms with Gasteiger partial charge in [0.15, 0.2) is 6.29 Å². The Morgan fingerprint density at radius 3 is 3.06 bits per heavy atom. The van der Waals surface area contributed by atoms with Gasteiger partial charge in [0.1, 0.15) is 11.8 Å². The minimum atomic E-state index is -0.0697. The van der Waals surface area contributed by atoms with Crippen LogP contribution in [0, 0.1) is 0 Å². The van der Waals surface area contributed by atoms with Crippen LogP contribution in [0.25, 0.3) is 0 Å². The molecule has 0 amide bonds. The SMILES string of the molecule is Clc1cccc(OCCOC2CCCCO2)n1. The molecule has 1 atom stereocenters. The maximum atomic E-state index is 5.74. The van der Waals surface area contributed by atoms with Gasteiger partial charge >= 0.3 is 0 Å². The third kappa shape index (κ3) is 4.50. The number of hydrogen-bond donors (Lipinski definition) is 0. The molecule has 1 unspecified atom stereocenters. The van der Waals surface area contributed by atoms with Crippen molar-refractivity contribution in [3.63, 3.8) is 0 Å². The molecule has 2 rings (SSSR count). The van der Waals surface area contributed by atoms with Gasteiger partial charge in [0.25, 0.3) is 0 Å². The molecule has 1 aliphatic heterocycles. The summed E-state index contributed by atoms with van der Waals surface area (Å²) in [5.41, 5.74) is 0. The highest BCUT2D eigenvalue weighted by molar-refractivity contribution is 6.29. The maximum Gasteiger partial charge on any atom is 0.214 e. The Bertz CT molecular complexity index is 342. The van der Waals surface area contributed by atoms with Crippen molar-refractivity contribution in [2.24, 2.45) is 0 Å². The molecule has 0 N–H and O–H groups in total. The van der Waals surface area contributed by atoms with Crippen molar-refractivity contribution in [2.45, 2.75) is 25.6 Å². The highest BCUT2D eigenvalue weighted by Gasteiger charge is 2.13. The van der Waals surface area contributed by atoms with Gasteiger partial charge in [-0.3, -0.25) is 0 Å². The molecule has 0 saturated carbocycles. The van der Waals surface area contributed by atoms with Gasteiger partial charge in [-0.25, -0.2) is 4.98 Å². The Hall–Kier alpha value is -0.840. The molecular weight excluding hydrogens is 242 g/mol. The van der Waals surface area contributed by atoms with E-state index in [4.69, 9.17) is 25.8 Å². The van der Waals surface area contributed by atoms with Crippen molar-refractivity contribution in [1.29, 1.82) is 0 Å². The van der Waals surface area contributed by atoms with E-state index < -0.39 is 0 Å². The lowest BCUT2D eigenvalue weighted by atomic mass is 10.2. The van der Waals surface area contributed by atoms with E-state index in [-0.39, 0.29) is 6.29 Å². The summed E-state index contributed by atoms with van der Waals surface area (Å²) >= 11 is 5.74. The van der Waals surface area contributed by atoms with Crippen LogP contribution in [0.5, 0.6) is 5.88 Å². The maximum absolute atomic E-state index is 5.74. The number of ether oxygens (including phenoxy) is 3. The van der Waals surface area contributed by atoms with Gasteiger partial charge in [0.05, 0.1) is 6.61 Å². The quantitative estimate of drug-likeness (QED) is 0.601. The van der Waals surface area contributed by atoms with E-state index in [0.29, 0.717) is 24.2 Å². The molecule has 5 heteroatoms. The lowest BCUT2D eigenvalue weighted by Crippen LogP contribution is -2.24. The Balaban J connectivity index is 1.62. The zero-order valence-corrected chi connectivity index (χ0v) is 10.4. The first-order chi connectivity index (χ1) is 8.34. The molecule has 1 aromatic heterocycles. The molecule has 17 heavy (non-hydrogen) atoms. The van der Waals surface area contributed by atoms with Crippen molar-refractivity contribution in [2.75, 3.05) is 19.8 Å². The monoisotopic (exact) mass is 257 g/mol. The molecule has 4 nitrogen and oxygen atoms in total. The van der Waals surface area contributed by atoms with Crippen LogP contribution >= 0.6 is 11.6 Å². The third-order valence-corrected chi connectivity index (χ3v) is 2.67. The van der Waals surface area contributed by atoms with Crippen LogP contribution in [0.15, 0.2) is 18.2 Å². The molecular formula is C12H16ClNO3.